The molecule has 2 aromatic carbocycles. The fourth-order valence-corrected chi connectivity index (χ4v) is 4.46. The molecule has 2 aromatic rings. The van der Waals surface area contributed by atoms with Gasteiger partial charge in [-0.3, -0.25) is 4.79 Å². The number of nitrogens with one attached hydrogen (secondary N) is 1. The largest absolute Gasteiger partial charge is 0.507 e. The Morgan fingerprint density at radius 2 is 1.40 bits per heavy atom. The standard InChI is InChI=1S/C31H47NO3/c1-20-14-23(15-24(28(20)34)19-35-31(9,10)11)18-32-27(33)13-12-22-16-25(29(3,4)5)21(2)26(17-22)30(6,7)8/h14-17,34H,12-13,18-19H2,1-11H3,(H,32,33). The first-order valence-electron chi connectivity index (χ1n) is 12.7. The Morgan fingerprint density at radius 1 is 0.857 bits per heavy atom. The van der Waals surface area contributed by atoms with Crippen molar-refractivity contribution in [1.82, 2.24) is 5.32 Å². The van der Waals surface area contributed by atoms with Gasteiger partial charge in [0.15, 0.2) is 0 Å². The summed E-state index contributed by atoms with van der Waals surface area (Å²) in [4.78, 5) is 12.7. The molecule has 0 heterocycles. The van der Waals surface area contributed by atoms with E-state index >= 15 is 0 Å². The number of aryl methyl sites for hydroxylation is 2. The van der Waals surface area contributed by atoms with Crippen LogP contribution in [0.2, 0.25) is 0 Å². The molecular formula is C31H47NO3. The number of carbonyl (C=O) groups is 1. The molecule has 35 heavy (non-hydrogen) atoms. The second-order valence-corrected chi connectivity index (χ2v) is 12.9. The predicted octanol–water partition coefficient (Wildman–Crippen LogP) is 7.17. The van der Waals surface area contributed by atoms with Crippen LogP contribution in [-0.2, 0) is 39.9 Å². The van der Waals surface area contributed by atoms with Crippen molar-refractivity contribution in [2.45, 2.75) is 119 Å². The molecular weight excluding hydrogens is 434 g/mol. The van der Waals surface area contributed by atoms with E-state index in [1.807, 2.05) is 39.8 Å². The van der Waals surface area contributed by atoms with E-state index in [-0.39, 0.29) is 28.1 Å². The van der Waals surface area contributed by atoms with Gasteiger partial charge < -0.3 is 15.2 Å². The highest BCUT2D eigenvalue weighted by Crippen LogP contribution is 2.35. The number of phenolic OH excluding ortho intramolecular Hbond substituents is 1. The number of phenols is 1. The molecule has 0 saturated heterocycles. The molecule has 0 aliphatic carbocycles. The van der Waals surface area contributed by atoms with Gasteiger partial charge in [-0.05, 0) is 91.3 Å². The first kappa shape index (κ1) is 28.9. The second kappa shape index (κ2) is 10.7. The molecule has 0 aliphatic heterocycles. The van der Waals surface area contributed by atoms with Gasteiger partial charge in [-0.2, -0.15) is 0 Å². The lowest BCUT2D eigenvalue weighted by Crippen LogP contribution is -2.24. The molecule has 0 fully saturated rings. The molecule has 0 aliphatic rings. The molecule has 4 nitrogen and oxygen atoms in total. The van der Waals surface area contributed by atoms with Gasteiger partial charge in [-0.25, -0.2) is 0 Å². The molecule has 0 spiro atoms. The van der Waals surface area contributed by atoms with Crippen LogP contribution in [0.4, 0.5) is 0 Å². The third-order valence-electron chi connectivity index (χ3n) is 6.31. The van der Waals surface area contributed by atoms with Crippen LogP contribution in [0.25, 0.3) is 0 Å². The SMILES string of the molecule is Cc1cc(CNC(=O)CCc2cc(C(C)(C)C)c(C)c(C(C)(C)C)c2)cc(COC(C)(C)C)c1O. The van der Waals surface area contributed by atoms with Gasteiger partial charge in [0, 0.05) is 18.5 Å². The average Bonchev–Trinajstić information content (AvgIpc) is 2.70. The van der Waals surface area contributed by atoms with Crippen molar-refractivity contribution in [3.8, 4) is 5.75 Å². The second-order valence-electron chi connectivity index (χ2n) is 12.9. The molecule has 0 aromatic heterocycles. The number of aromatic hydroxyl groups is 1. The van der Waals surface area contributed by atoms with Gasteiger partial charge in [0.2, 0.25) is 5.91 Å². The van der Waals surface area contributed by atoms with Gasteiger partial charge >= 0.3 is 0 Å². The lowest BCUT2D eigenvalue weighted by molar-refractivity contribution is -0.121. The zero-order valence-electron chi connectivity index (χ0n) is 23.9. The highest BCUT2D eigenvalue weighted by Gasteiger charge is 2.24. The van der Waals surface area contributed by atoms with Crippen molar-refractivity contribution in [3.05, 3.63) is 63.2 Å². The maximum absolute atomic E-state index is 12.7. The lowest BCUT2D eigenvalue weighted by Gasteiger charge is -2.30. The summed E-state index contributed by atoms with van der Waals surface area (Å²) in [6, 6.07) is 8.40. The summed E-state index contributed by atoms with van der Waals surface area (Å²) in [5, 5.41) is 13.5. The molecule has 0 bridgehead atoms. The molecule has 2 N–H and O–H groups in total. The van der Waals surface area contributed by atoms with E-state index in [0.29, 0.717) is 26.0 Å². The van der Waals surface area contributed by atoms with Crippen molar-refractivity contribution < 1.29 is 14.6 Å². The monoisotopic (exact) mass is 481 g/mol. The Morgan fingerprint density at radius 3 is 1.89 bits per heavy atom. The van der Waals surface area contributed by atoms with E-state index in [1.165, 1.54) is 22.3 Å². The minimum atomic E-state index is -0.291. The first-order valence-corrected chi connectivity index (χ1v) is 12.7. The summed E-state index contributed by atoms with van der Waals surface area (Å²) in [6.07, 6.45) is 1.14. The number of hydrogen-bond donors (Lipinski definition) is 2. The number of hydrogen-bond acceptors (Lipinski definition) is 3. The first-order chi connectivity index (χ1) is 15.9. The topological polar surface area (TPSA) is 58.6 Å². The predicted molar refractivity (Wildman–Crippen MR) is 146 cm³/mol. The van der Waals surface area contributed by atoms with Crippen molar-refractivity contribution in [2.24, 2.45) is 0 Å². The van der Waals surface area contributed by atoms with Crippen LogP contribution in [0.1, 0.15) is 108 Å². The van der Waals surface area contributed by atoms with Gasteiger partial charge in [-0.15, -0.1) is 0 Å². The van der Waals surface area contributed by atoms with E-state index in [0.717, 1.165) is 16.7 Å². The summed E-state index contributed by atoms with van der Waals surface area (Å²) >= 11 is 0. The Bertz CT molecular complexity index is 1010. The van der Waals surface area contributed by atoms with Crippen LogP contribution in [0.3, 0.4) is 0 Å². The van der Waals surface area contributed by atoms with E-state index in [4.69, 9.17) is 4.74 Å². The van der Waals surface area contributed by atoms with Crippen molar-refractivity contribution >= 4 is 5.91 Å². The Balaban J connectivity index is 2.10. The molecule has 4 heteroatoms. The van der Waals surface area contributed by atoms with Crippen molar-refractivity contribution in [1.29, 1.82) is 0 Å². The van der Waals surface area contributed by atoms with Crippen LogP contribution < -0.4 is 5.32 Å². The number of ether oxygens (including phenoxy) is 1. The molecule has 0 atom stereocenters. The summed E-state index contributed by atoms with van der Waals surface area (Å²) < 4.78 is 5.85. The van der Waals surface area contributed by atoms with E-state index in [9.17, 15) is 9.90 Å². The highest BCUT2D eigenvalue weighted by atomic mass is 16.5. The average molecular weight is 482 g/mol. The van der Waals surface area contributed by atoms with Gasteiger partial charge in [0.05, 0.1) is 12.2 Å². The lowest BCUT2D eigenvalue weighted by atomic mass is 9.75. The summed E-state index contributed by atoms with van der Waals surface area (Å²) in [5.41, 5.74) is 7.56. The minimum Gasteiger partial charge on any atom is -0.507 e. The number of benzene rings is 2. The molecule has 0 saturated carbocycles. The molecule has 0 unspecified atom stereocenters. The zero-order chi connectivity index (χ0) is 26.8. The number of amides is 1. The fourth-order valence-electron chi connectivity index (χ4n) is 4.46. The maximum atomic E-state index is 12.7. The minimum absolute atomic E-state index is 0.0263. The van der Waals surface area contributed by atoms with E-state index < -0.39 is 0 Å². The molecule has 2 rings (SSSR count). The van der Waals surface area contributed by atoms with Crippen molar-refractivity contribution in [2.75, 3.05) is 0 Å². The summed E-state index contributed by atoms with van der Waals surface area (Å²) in [5.74, 6) is 0.284. The normalized spacial score (nSPS) is 12.7. The number of rotatable bonds is 7. The van der Waals surface area contributed by atoms with Gasteiger partial charge in [0.1, 0.15) is 5.75 Å². The molecule has 1 amide bonds. The smallest absolute Gasteiger partial charge is 0.220 e. The summed E-state index contributed by atoms with van der Waals surface area (Å²) in [6.45, 7) is 24.3. The van der Waals surface area contributed by atoms with E-state index in [1.54, 1.807) is 0 Å². The quantitative estimate of drug-likeness (QED) is 0.441. The van der Waals surface area contributed by atoms with Gasteiger partial charge in [-0.1, -0.05) is 59.7 Å². The van der Waals surface area contributed by atoms with Crippen molar-refractivity contribution in [3.63, 3.8) is 0 Å². The van der Waals surface area contributed by atoms with Crippen LogP contribution in [0.15, 0.2) is 24.3 Å². The zero-order valence-corrected chi connectivity index (χ0v) is 23.9. The third kappa shape index (κ3) is 8.38. The molecule has 194 valence electrons. The Kier molecular flexibility index (Phi) is 8.87. The Labute approximate surface area is 213 Å². The summed E-state index contributed by atoms with van der Waals surface area (Å²) in [7, 11) is 0. The fraction of sp³-hybridized carbons (Fsp3) is 0.581. The highest BCUT2D eigenvalue weighted by molar-refractivity contribution is 5.76. The maximum Gasteiger partial charge on any atom is 0.220 e. The van der Waals surface area contributed by atoms with Crippen LogP contribution in [0, 0.1) is 13.8 Å². The van der Waals surface area contributed by atoms with Crippen LogP contribution in [0.5, 0.6) is 5.75 Å². The molecule has 0 radical (unpaired) electrons. The van der Waals surface area contributed by atoms with Crippen LogP contribution >= 0.6 is 0 Å². The number of carbonyl (C=O) groups excluding carboxylic acids is 1. The van der Waals surface area contributed by atoms with Crippen LogP contribution in [-0.4, -0.2) is 16.6 Å². The van der Waals surface area contributed by atoms with Gasteiger partial charge in [0.25, 0.3) is 0 Å². The van der Waals surface area contributed by atoms with E-state index in [2.05, 4.69) is 65.9 Å². The third-order valence-corrected chi connectivity index (χ3v) is 6.31. The Hall–Kier alpha value is -2.33.